The number of carbonyl (C=O) groups excluding carboxylic acids is 1. The van der Waals surface area contributed by atoms with Crippen LogP contribution in [0.3, 0.4) is 0 Å². The predicted molar refractivity (Wildman–Crippen MR) is 93.8 cm³/mol. The first-order chi connectivity index (χ1) is 11.9. The van der Waals surface area contributed by atoms with Gasteiger partial charge in [-0.1, -0.05) is 23.7 Å². The Bertz CT molecular complexity index is 912. The quantitative estimate of drug-likeness (QED) is 0.879. The molecule has 1 aliphatic heterocycles. The van der Waals surface area contributed by atoms with Crippen molar-refractivity contribution in [3.63, 3.8) is 0 Å². The molecule has 0 unspecified atom stereocenters. The van der Waals surface area contributed by atoms with Crippen LogP contribution in [-0.2, 0) is 10.0 Å². The largest absolute Gasteiger partial charge is 0.319 e. The molecule has 0 bridgehead atoms. The van der Waals surface area contributed by atoms with Gasteiger partial charge in [0.2, 0.25) is 10.0 Å². The molecule has 0 spiro atoms. The van der Waals surface area contributed by atoms with Gasteiger partial charge in [0, 0.05) is 13.1 Å². The summed E-state index contributed by atoms with van der Waals surface area (Å²) in [6.07, 6.45) is 1.63. The van der Waals surface area contributed by atoms with Crippen LogP contribution in [0, 0.1) is 5.82 Å². The van der Waals surface area contributed by atoms with E-state index in [2.05, 4.69) is 5.32 Å². The van der Waals surface area contributed by atoms with E-state index in [0.29, 0.717) is 13.1 Å². The number of nitrogens with zero attached hydrogens (tertiary/aromatic N) is 1. The minimum absolute atomic E-state index is 0.00233. The molecule has 1 N–H and O–H groups in total. The van der Waals surface area contributed by atoms with E-state index in [9.17, 15) is 17.6 Å². The van der Waals surface area contributed by atoms with E-state index in [-0.39, 0.29) is 21.2 Å². The van der Waals surface area contributed by atoms with Gasteiger partial charge < -0.3 is 5.32 Å². The van der Waals surface area contributed by atoms with Crippen LogP contribution in [0.1, 0.15) is 23.2 Å². The Balaban J connectivity index is 1.91. The minimum Gasteiger partial charge on any atom is -0.319 e. The summed E-state index contributed by atoms with van der Waals surface area (Å²) in [6, 6.07) is 9.66. The lowest BCUT2D eigenvalue weighted by molar-refractivity contribution is 0.102. The van der Waals surface area contributed by atoms with Crippen molar-refractivity contribution in [2.75, 3.05) is 18.4 Å². The van der Waals surface area contributed by atoms with Crippen molar-refractivity contribution < 1.29 is 17.6 Å². The standard InChI is InChI=1S/C17H16ClFN2O3S/c18-14-8-7-12(25(23,24)21-9-3-4-10-21)11-13(14)17(22)20-16-6-2-1-5-15(16)19/h1-2,5-8,11H,3-4,9-10H2,(H,20,22). The van der Waals surface area contributed by atoms with E-state index in [1.54, 1.807) is 6.07 Å². The zero-order chi connectivity index (χ0) is 18.0. The second-order valence-corrected chi connectivity index (χ2v) is 8.03. The molecular weight excluding hydrogens is 367 g/mol. The van der Waals surface area contributed by atoms with E-state index >= 15 is 0 Å². The Morgan fingerprint density at radius 1 is 1.12 bits per heavy atom. The Morgan fingerprint density at radius 3 is 2.48 bits per heavy atom. The van der Waals surface area contributed by atoms with E-state index < -0.39 is 21.7 Å². The number of hydrogen-bond acceptors (Lipinski definition) is 3. The number of amides is 1. The summed E-state index contributed by atoms with van der Waals surface area (Å²) < 4.78 is 40.3. The van der Waals surface area contributed by atoms with Crippen LogP contribution in [0.2, 0.25) is 5.02 Å². The predicted octanol–water partition coefficient (Wildman–Crippen LogP) is 3.52. The van der Waals surface area contributed by atoms with Gasteiger partial charge in [-0.15, -0.1) is 0 Å². The van der Waals surface area contributed by atoms with Crippen molar-refractivity contribution in [3.8, 4) is 0 Å². The molecule has 132 valence electrons. The van der Waals surface area contributed by atoms with Crippen molar-refractivity contribution in [3.05, 3.63) is 58.9 Å². The summed E-state index contributed by atoms with van der Waals surface area (Å²) in [6.45, 7) is 0.920. The smallest absolute Gasteiger partial charge is 0.257 e. The maximum Gasteiger partial charge on any atom is 0.257 e. The normalized spacial score (nSPS) is 15.3. The van der Waals surface area contributed by atoms with Crippen molar-refractivity contribution in [2.24, 2.45) is 0 Å². The molecule has 2 aromatic carbocycles. The highest BCUT2D eigenvalue weighted by Crippen LogP contribution is 2.26. The summed E-state index contributed by atoms with van der Waals surface area (Å²) in [4.78, 5) is 12.4. The third-order valence-corrected chi connectivity index (χ3v) is 6.23. The van der Waals surface area contributed by atoms with Gasteiger partial charge in [-0.3, -0.25) is 4.79 Å². The van der Waals surface area contributed by atoms with Crippen LogP contribution in [0.5, 0.6) is 0 Å². The summed E-state index contributed by atoms with van der Waals surface area (Å²) >= 11 is 6.04. The molecule has 1 fully saturated rings. The van der Waals surface area contributed by atoms with Gasteiger partial charge in [0.15, 0.2) is 0 Å². The van der Waals surface area contributed by atoms with Crippen molar-refractivity contribution in [2.45, 2.75) is 17.7 Å². The van der Waals surface area contributed by atoms with Crippen LogP contribution in [-0.4, -0.2) is 31.7 Å². The number of halogens is 2. The van der Waals surface area contributed by atoms with Crippen LogP contribution >= 0.6 is 11.6 Å². The lowest BCUT2D eigenvalue weighted by Crippen LogP contribution is -2.28. The van der Waals surface area contributed by atoms with Crippen LogP contribution in [0.15, 0.2) is 47.4 Å². The minimum atomic E-state index is -3.67. The molecule has 5 nitrogen and oxygen atoms in total. The van der Waals surface area contributed by atoms with E-state index in [1.165, 1.54) is 40.7 Å². The molecule has 1 amide bonds. The highest BCUT2D eigenvalue weighted by atomic mass is 35.5. The number of carbonyl (C=O) groups is 1. The molecule has 2 aromatic rings. The second-order valence-electron chi connectivity index (χ2n) is 5.69. The fourth-order valence-electron chi connectivity index (χ4n) is 2.67. The lowest BCUT2D eigenvalue weighted by atomic mass is 10.2. The fraction of sp³-hybridized carbons (Fsp3) is 0.235. The zero-order valence-electron chi connectivity index (χ0n) is 13.2. The molecule has 0 saturated carbocycles. The first kappa shape index (κ1) is 17.8. The third-order valence-electron chi connectivity index (χ3n) is 4.01. The SMILES string of the molecule is O=C(Nc1ccccc1F)c1cc(S(=O)(=O)N2CCCC2)ccc1Cl. The first-order valence-corrected chi connectivity index (χ1v) is 9.57. The number of rotatable bonds is 4. The van der Waals surface area contributed by atoms with E-state index in [1.807, 2.05) is 0 Å². The molecule has 0 radical (unpaired) electrons. The first-order valence-electron chi connectivity index (χ1n) is 7.75. The third kappa shape index (κ3) is 3.68. The molecule has 0 aromatic heterocycles. The number of sulfonamides is 1. The Kier molecular flexibility index (Phi) is 5.08. The van der Waals surface area contributed by atoms with Crippen molar-refractivity contribution in [1.82, 2.24) is 4.31 Å². The number of anilines is 1. The van der Waals surface area contributed by atoms with Gasteiger partial charge in [0.05, 0.1) is 21.2 Å². The molecule has 8 heteroatoms. The van der Waals surface area contributed by atoms with Gasteiger partial charge in [-0.05, 0) is 43.2 Å². The lowest BCUT2D eigenvalue weighted by Gasteiger charge is -2.16. The van der Waals surface area contributed by atoms with E-state index in [0.717, 1.165) is 12.8 Å². The summed E-state index contributed by atoms with van der Waals surface area (Å²) in [5.74, 6) is -1.26. The Morgan fingerprint density at radius 2 is 1.80 bits per heavy atom. The molecule has 1 saturated heterocycles. The van der Waals surface area contributed by atoms with Crippen LogP contribution in [0.25, 0.3) is 0 Å². The van der Waals surface area contributed by atoms with Crippen LogP contribution < -0.4 is 5.32 Å². The highest BCUT2D eigenvalue weighted by molar-refractivity contribution is 7.89. The average molecular weight is 383 g/mol. The van der Waals surface area contributed by atoms with Crippen LogP contribution in [0.4, 0.5) is 10.1 Å². The topological polar surface area (TPSA) is 66.5 Å². The maximum atomic E-state index is 13.7. The maximum absolute atomic E-state index is 13.7. The molecular formula is C17H16ClFN2O3S. The average Bonchev–Trinajstić information content (AvgIpc) is 3.12. The van der Waals surface area contributed by atoms with E-state index in [4.69, 9.17) is 11.6 Å². The summed E-state index contributed by atoms with van der Waals surface area (Å²) in [5.41, 5.74) is -0.0263. The molecule has 0 atom stereocenters. The number of nitrogens with one attached hydrogen (secondary N) is 1. The van der Waals surface area contributed by atoms with Gasteiger partial charge in [-0.25, -0.2) is 12.8 Å². The molecule has 3 rings (SSSR count). The molecule has 1 aliphatic rings. The van der Waals surface area contributed by atoms with Gasteiger partial charge in [0.25, 0.3) is 5.91 Å². The molecule has 0 aliphatic carbocycles. The molecule has 1 heterocycles. The number of benzene rings is 2. The van der Waals surface area contributed by atoms with Crippen molar-refractivity contribution >= 4 is 33.2 Å². The Labute approximate surface area is 150 Å². The second kappa shape index (κ2) is 7.11. The highest BCUT2D eigenvalue weighted by Gasteiger charge is 2.28. The molecule has 25 heavy (non-hydrogen) atoms. The van der Waals surface area contributed by atoms with Gasteiger partial charge >= 0.3 is 0 Å². The number of para-hydroxylation sites is 1. The summed E-state index contributed by atoms with van der Waals surface area (Å²) in [7, 11) is -3.67. The van der Waals surface area contributed by atoms with Gasteiger partial charge in [-0.2, -0.15) is 4.31 Å². The van der Waals surface area contributed by atoms with Gasteiger partial charge in [0.1, 0.15) is 5.82 Å². The van der Waals surface area contributed by atoms with Crippen molar-refractivity contribution in [1.29, 1.82) is 0 Å². The monoisotopic (exact) mass is 382 g/mol. The fourth-order valence-corrected chi connectivity index (χ4v) is 4.42. The Hall–Kier alpha value is -1.96. The zero-order valence-corrected chi connectivity index (χ0v) is 14.8. The number of hydrogen-bond donors (Lipinski definition) is 1. The summed E-state index contributed by atoms with van der Waals surface area (Å²) in [5, 5.41) is 2.50.